The van der Waals surface area contributed by atoms with Crippen LogP contribution in [0.4, 0.5) is 0 Å². The Labute approximate surface area is 156 Å². The minimum atomic E-state index is -3.81. The first kappa shape index (κ1) is 17.5. The van der Waals surface area contributed by atoms with Crippen molar-refractivity contribution < 1.29 is 22.7 Å². The minimum absolute atomic E-state index is 0.0271. The SMILES string of the molecule is O=C(O)c1cccc(S(=O)(=O)N2CCc3cc(-c4ccccc4)oc3C2)c1. The zero-order valence-electron chi connectivity index (χ0n) is 14.3. The summed E-state index contributed by atoms with van der Waals surface area (Å²) in [4.78, 5) is 11.1. The number of sulfonamides is 1. The first-order valence-corrected chi connectivity index (χ1v) is 9.90. The highest BCUT2D eigenvalue weighted by Crippen LogP contribution is 2.31. The van der Waals surface area contributed by atoms with Crippen LogP contribution in [0.25, 0.3) is 11.3 Å². The van der Waals surface area contributed by atoms with Crippen LogP contribution >= 0.6 is 0 Å². The molecule has 1 aliphatic heterocycles. The predicted octanol–water partition coefficient (Wildman–Crippen LogP) is 3.39. The van der Waals surface area contributed by atoms with Crippen LogP contribution in [0.5, 0.6) is 0 Å². The van der Waals surface area contributed by atoms with Crippen LogP contribution in [0, 0.1) is 0 Å². The Morgan fingerprint density at radius 2 is 1.81 bits per heavy atom. The van der Waals surface area contributed by atoms with E-state index in [4.69, 9.17) is 9.52 Å². The second kappa shape index (κ2) is 6.68. The quantitative estimate of drug-likeness (QED) is 0.746. The van der Waals surface area contributed by atoms with Crippen LogP contribution in [0.1, 0.15) is 21.7 Å². The highest BCUT2D eigenvalue weighted by molar-refractivity contribution is 7.89. The minimum Gasteiger partial charge on any atom is -0.478 e. The molecule has 7 heteroatoms. The third-order valence-electron chi connectivity index (χ3n) is 4.62. The van der Waals surface area contributed by atoms with Crippen molar-refractivity contribution in [2.45, 2.75) is 17.9 Å². The van der Waals surface area contributed by atoms with Gasteiger partial charge in [-0.25, -0.2) is 13.2 Å². The lowest BCUT2D eigenvalue weighted by Crippen LogP contribution is -2.35. The molecule has 1 aliphatic rings. The molecular formula is C20H17NO5S. The number of carbonyl (C=O) groups is 1. The van der Waals surface area contributed by atoms with Gasteiger partial charge in [0.1, 0.15) is 11.5 Å². The Morgan fingerprint density at radius 3 is 2.56 bits per heavy atom. The number of hydrogen-bond donors (Lipinski definition) is 1. The summed E-state index contributed by atoms with van der Waals surface area (Å²) in [5.74, 6) is 0.178. The third-order valence-corrected chi connectivity index (χ3v) is 6.47. The summed E-state index contributed by atoms with van der Waals surface area (Å²) in [6.45, 7) is 0.447. The molecule has 0 amide bonds. The molecule has 0 bridgehead atoms. The van der Waals surface area contributed by atoms with Gasteiger partial charge in [-0.15, -0.1) is 0 Å². The maximum absolute atomic E-state index is 12.9. The Morgan fingerprint density at radius 1 is 1.04 bits per heavy atom. The summed E-state index contributed by atoms with van der Waals surface area (Å²) < 4.78 is 33.1. The lowest BCUT2D eigenvalue weighted by Gasteiger charge is -2.25. The smallest absolute Gasteiger partial charge is 0.335 e. The lowest BCUT2D eigenvalue weighted by molar-refractivity contribution is 0.0696. The normalized spacial score (nSPS) is 14.7. The van der Waals surface area contributed by atoms with Crippen LogP contribution in [0.2, 0.25) is 0 Å². The molecule has 0 saturated heterocycles. The standard InChI is InChI=1S/C20H17NO5S/c22-20(23)16-7-4-8-17(11-16)27(24,25)21-10-9-15-12-18(26-19(15)13-21)14-5-2-1-3-6-14/h1-8,11-12H,9-10,13H2,(H,22,23). The van der Waals surface area contributed by atoms with Crippen molar-refractivity contribution in [3.05, 3.63) is 77.6 Å². The fraction of sp³-hybridized carbons (Fsp3) is 0.150. The summed E-state index contributed by atoms with van der Waals surface area (Å²) >= 11 is 0. The van der Waals surface area contributed by atoms with Crippen LogP contribution in [0.3, 0.4) is 0 Å². The summed E-state index contributed by atoms with van der Waals surface area (Å²) in [5, 5.41) is 9.10. The summed E-state index contributed by atoms with van der Waals surface area (Å²) in [6.07, 6.45) is 0.545. The van der Waals surface area contributed by atoms with Gasteiger partial charge in [-0.2, -0.15) is 4.31 Å². The predicted molar refractivity (Wildman–Crippen MR) is 98.8 cm³/mol. The number of rotatable bonds is 4. The van der Waals surface area contributed by atoms with Crippen LogP contribution in [0.15, 0.2) is 70.0 Å². The average Bonchev–Trinajstić information content (AvgIpc) is 3.12. The number of carboxylic acids is 1. The summed E-state index contributed by atoms with van der Waals surface area (Å²) in [6, 6.07) is 17.0. The van der Waals surface area contributed by atoms with E-state index in [1.54, 1.807) is 0 Å². The molecule has 0 saturated carbocycles. The molecule has 3 aromatic rings. The zero-order valence-corrected chi connectivity index (χ0v) is 15.1. The van der Waals surface area contributed by atoms with Crippen molar-refractivity contribution in [2.75, 3.05) is 6.54 Å². The first-order valence-electron chi connectivity index (χ1n) is 8.45. The second-order valence-corrected chi connectivity index (χ2v) is 8.28. The fourth-order valence-electron chi connectivity index (χ4n) is 3.18. The van der Waals surface area contributed by atoms with E-state index in [-0.39, 0.29) is 17.0 Å². The van der Waals surface area contributed by atoms with Gasteiger partial charge in [0.15, 0.2) is 0 Å². The van der Waals surface area contributed by atoms with Crippen molar-refractivity contribution in [3.8, 4) is 11.3 Å². The third kappa shape index (κ3) is 3.27. The van der Waals surface area contributed by atoms with Gasteiger partial charge in [0, 0.05) is 12.1 Å². The molecule has 6 nitrogen and oxygen atoms in total. The number of furan rings is 1. The molecule has 2 aromatic carbocycles. The number of fused-ring (bicyclic) bond motifs is 1. The van der Waals surface area contributed by atoms with E-state index in [0.29, 0.717) is 24.5 Å². The molecule has 138 valence electrons. The Bertz CT molecular complexity index is 1100. The number of aromatic carboxylic acids is 1. The summed E-state index contributed by atoms with van der Waals surface area (Å²) in [7, 11) is -3.81. The molecule has 27 heavy (non-hydrogen) atoms. The Balaban J connectivity index is 1.63. The van der Waals surface area contributed by atoms with Crippen LogP contribution < -0.4 is 0 Å². The first-order chi connectivity index (χ1) is 12.9. The topological polar surface area (TPSA) is 87.8 Å². The van der Waals surface area contributed by atoms with Gasteiger partial charge < -0.3 is 9.52 Å². The zero-order chi connectivity index (χ0) is 19.0. The van der Waals surface area contributed by atoms with E-state index in [1.807, 2.05) is 36.4 Å². The van der Waals surface area contributed by atoms with E-state index >= 15 is 0 Å². The highest BCUT2D eigenvalue weighted by Gasteiger charge is 2.31. The van der Waals surface area contributed by atoms with Crippen molar-refractivity contribution in [1.29, 1.82) is 0 Å². The van der Waals surface area contributed by atoms with E-state index < -0.39 is 16.0 Å². The molecule has 2 heterocycles. The van der Waals surface area contributed by atoms with Crippen molar-refractivity contribution in [3.63, 3.8) is 0 Å². The van der Waals surface area contributed by atoms with E-state index in [0.717, 1.165) is 11.1 Å². The average molecular weight is 383 g/mol. The molecule has 1 N–H and O–H groups in total. The molecule has 0 radical (unpaired) electrons. The molecule has 1 aromatic heterocycles. The molecule has 0 atom stereocenters. The van der Waals surface area contributed by atoms with E-state index in [2.05, 4.69) is 0 Å². The number of nitrogens with zero attached hydrogens (tertiary/aromatic N) is 1. The lowest BCUT2D eigenvalue weighted by atomic mass is 10.1. The summed E-state index contributed by atoms with van der Waals surface area (Å²) in [5.41, 5.74) is 1.88. The number of hydrogen-bond acceptors (Lipinski definition) is 4. The van der Waals surface area contributed by atoms with Crippen molar-refractivity contribution >= 4 is 16.0 Å². The maximum atomic E-state index is 12.9. The molecule has 4 rings (SSSR count). The molecule has 0 spiro atoms. The highest BCUT2D eigenvalue weighted by atomic mass is 32.2. The van der Waals surface area contributed by atoms with Gasteiger partial charge in [-0.1, -0.05) is 36.4 Å². The monoisotopic (exact) mass is 383 g/mol. The van der Waals surface area contributed by atoms with Gasteiger partial charge in [-0.3, -0.25) is 0 Å². The van der Waals surface area contributed by atoms with Gasteiger partial charge in [0.2, 0.25) is 10.0 Å². The number of carboxylic acid groups (broad SMARTS) is 1. The van der Waals surface area contributed by atoms with E-state index in [9.17, 15) is 13.2 Å². The van der Waals surface area contributed by atoms with E-state index in [1.165, 1.54) is 28.6 Å². The van der Waals surface area contributed by atoms with Crippen LogP contribution in [-0.2, 0) is 23.0 Å². The largest absolute Gasteiger partial charge is 0.478 e. The maximum Gasteiger partial charge on any atom is 0.335 e. The molecule has 0 aliphatic carbocycles. The van der Waals surface area contributed by atoms with Gasteiger partial charge in [-0.05, 0) is 36.2 Å². The van der Waals surface area contributed by atoms with Crippen molar-refractivity contribution in [1.82, 2.24) is 4.31 Å². The molecular weight excluding hydrogens is 366 g/mol. The van der Waals surface area contributed by atoms with Crippen molar-refractivity contribution in [2.24, 2.45) is 0 Å². The Hall–Kier alpha value is -2.90. The van der Waals surface area contributed by atoms with Gasteiger partial charge in [0.25, 0.3) is 0 Å². The second-order valence-electron chi connectivity index (χ2n) is 6.35. The van der Waals surface area contributed by atoms with Crippen LogP contribution in [-0.4, -0.2) is 30.3 Å². The fourth-order valence-corrected chi connectivity index (χ4v) is 4.63. The number of benzene rings is 2. The molecule has 0 unspecified atom stereocenters. The Kier molecular flexibility index (Phi) is 4.33. The molecule has 0 fully saturated rings. The van der Waals surface area contributed by atoms with Gasteiger partial charge in [0.05, 0.1) is 17.0 Å². The van der Waals surface area contributed by atoms with Gasteiger partial charge >= 0.3 is 5.97 Å².